The van der Waals surface area contributed by atoms with Crippen LogP contribution in [0.5, 0.6) is 0 Å². The predicted molar refractivity (Wildman–Crippen MR) is 77.2 cm³/mol. The van der Waals surface area contributed by atoms with Crippen molar-refractivity contribution >= 4 is 11.7 Å². The highest BCUT2D eigenvalue weighted by Gasteiger charge is 2.13. The lowest BCUT2D eigenvalue weighted by Crippen LogP contribution is -2.31. The SMILES string of the molecule is CCCCN(CC)C(=O)CCC(=O)c1ccccc1. The van der Waals surface area contributed by atoms with Crippen LogP contribution in [0.3, 0.4) is 0 Å². The predicted octanol–water partition coefficient (Wildman–Crippen LogP) is 3.30. The summed E-state index contributed by atoms with van der Waals surface area (Å²) in [6.45, 7) is 5.60. The largest absolute Gasteiger partial charge is 0.343 e. The van der Waals surface area contributed by atoms with Gasteiger partial charge in [0, 0.05) is 31.5 Å². The molecule has 19 heavy (non-hydrogen) atoms. The van der Waals surface area contributed by atoms with Gasteiger partial charge in [-0.05, 0) is 13.3 Å². The molecule has 0 atom stereocenters. The van der Waals surface area contributed by atoms with E-state index in [2.05, 4.69) is 6.92 Å². The number of ketones is 1. The van der Waals surface area contributed by atoms with Crippen molar-refractivity contribution < 1.29 is 9.59 Å². The van der Waals surface area contributed by atoms with Crippen molar-refractivity contribution in [3.8, 4) is 0 Å². The van der Waals surface area contributed by atoms with E-state index in [-0.39, 0.29) is 11.7 Å². The molecule has 0 saturated carbocycles. The zero-order valence-corrected chi connectivity index (χ0v) is 11.9. The first-order valence-electron chi connectivity index (χ1n) is 7.05. The minimum atomic E-state index is 0.0421. The van der Waals surface area contributed by atoms with E-state index in [9.17, 15) is 9.59 Å². The maximum atomic E-state index is 12.0. The lowest BCUT2D eigenvalue weighted by molar-refractivity contribution is -0.131. The molecular formula is C16H23NO2. The monoisotopic (exact) mass is 261 g/mol. The molecule has 0 heterocycles. The van der Waals surface area contributed by atoms with E-state index < -0.39 is 0 Å². The van der Waals surface area contributed by atoms with Crippen molar-refractivity contribution in [1.82, 2.24) is 4.90 Å². The number of hydrogen-bond donors (Lipinski definition) is 0. The fourth-order valence-corrected chi connectivity index (χ4v) is 1.96. The van der Waals surface area contributed by atoms with Gasteiger partial charge in [0.15, 0.2) is 5.78 Å². The Hall–Kier alpha value is -1.64. The van der Waals surface area contributed by atoms with E-state index >= 15 is 0 Å². The normalized spacial score (nSPS) is 10.2. The molecule has 0 spiro atoms. The lowest BCUT2D eigenvalue weighted by Gasteiger charge is -2.20. The maximum absolute atomic E-state index is 12.0. The van der Waals surface area contributed by atoms with Crippen LogP contribution in [0.15, 0.2) is 30.3 Å². The third-order valence-corrected chi connectivity index (χ3v) is 3.18. The van der Waals surface area contributed by atoms with Crippen molar-refractivity contribution in [1.29, 1.82) is 0 Å². The molecule has 0 unspecified atom stereocenters. The summed E-state index contributed by atoms with van der Waals surface area (Å²) in [7, 11) is 0. The highest BCUT2D eigenvalue weighted by molar-refractivity contribution is 5.97. The molecule has 1 rings (SSSR count). The number of rotatable bonds is 8. The second-order valence-corrected chi connectivity index (χ2v) is 4.62. The van der Waals surface area contributed by atoms with E-state index in [1.54, 1.807) is 12.1 Å². The van der Waals surface area contributed by atoms with E-state index in [0.717, 1.165) is 25.9 Å². The summed E-state index contributed by atoms with van der Waals surface area (Å²) in [6, 6.07) is 9.15. The van der Waals surface area contributed by atoms with E-state index in [4.69, 9.17) is 0 Å². The molecule has 0 aliphatic heterocycles. The van der Waals surface area contributed by atoms with Gasteiger partial charge in [-0.25, -0.2) is 0 Å². The minimum Gasteiger partial charge on any atom is -0.343 e. The first-order chi connectivity index (χ1) is 9.19. The summed E-state index contributed by atoms with van der Waals surface area (Å²) in [4.78, 5) is 25.7. The molecule has 0 N–H and O–H groups in total. The van der Waals surface area contributed by atoms with E-state index in [0.29, 0.717) is 18.4 Å². The summed E-state index contributed by atoms with van der Waals surface area (Å²) >= 11 is 0. The first kappa shape index (κ1) is 15.4. The van der Waals surface area contributed by atoms with Crippen molar-refractivity contribution in [2.24, 2.45) is 0 Å². The molecular weight excluding hydrogens is 238 g/mol. The zero-order valence-electron chi connectivity index (χ0n) is 11.9. The third kappa shape index (κ3) is 5.25. The lowest BCUT2D eigenvalue weighted by atomic mass is 10.1. The molecule has 0 aliphatic carbocycles. The quantitative estimate of drug-likeness (QED) is 0.673. The second kappa shape index (κ2) is 8.46. The molecule has 1 amide bonds. The van der Waals surface area contributed by atoms with Gasteiger partial charge in [0.05, 0.1) is 0 Å². The van der Waals surface area contributed by atoms with Gasteiger partial charge in [-0.1, -0.05) is 43.7 Å². The number of carbonyl (C=O) groups is 2. The maximum Gasteiger partial charge on any atom is 0.223 e. The van der Waals surface area contributed by atoms with E-state index in [1.807, 2.05) is 30.0 Å². The molecule has 0 aliphatic rings. The fraction of sp³-hybridized carbons (Fsp3) is 0.500. The number of benzene rings is 1. The van der Waals surface area contributed by atoms with Crippen LogP contribution in [-0.2, 0) is 4.79 Å². The van der Waals surface area contributed by atoms with E-state index in [1.165, 1.54) is 0 Å². The fourth-order valence-electron chi connectivity index (χ4n) is 1.96. The van der Waals surface area contributed by atoms with Crippen LogP contribution < -0.4 is 0 Å². The highest BCUT2D eigenvalue weighted by Crippen LogP contribution is 2.07. The summed E-state index contributed by atoms with van der Waals surface area (Å²) < 4.78 is 0. The Morgan fingerprint density at radius 3 is 2.32 bits per heavy atom. The number of Topliss-reactive ketones (excluding diaryl/α,β-unsaturated/α-hetero) is 1. The smallest absolute Gasteiger partial charge is 0.223 e. The first-order valence-corrected chi connectivity index (χ1v) is 7.05. The van der Waals surface area contributed by atoms with Gasteiger partial charge in [-0.15, -0.1) is 0 Å². The average Bonchev–Trinajstić information content (AvgIpc) is 2.46. The van der Waals surface area contributed by atoms with Crippen molar-refractivity contribution in [2.75, 3.05) is 13.1 Å². The van der Waals surface area contributed by atoms with Crippen LogP contribution in [0.4, 0.5) is 0 Å². The van der Waals surface area contributed by atoms with Gasteiger partial charge >= 0.3 is 0 Å². The van der Waals surface area contributed by atoms with Crippen LogP contribution >= 0.6 is 0 Å². The second-order valence-electron chi connectivity index (χ2n) is 4.62. The van der Waals surface area contributed by atoms with Crippen LogP contribution in [-0.4, -0.2) is 29.7 Å². The topological polar surface area (TPSA) is 37.4 Å². The Morgan fingerprint density at radius 2 is 1.74 bits per heavy atom. The molecule has 0 aromatic heterocycles. The Kier molecular flexibility index (Phi) is 6.86. The van der Waals surface area contributed by atoms with Gasteiger partial charge in [-0.2, -0.15) is 0 Å². The van der Waals surface area contributed by atoms with Gasteiger partial charge < -0.3 is 4.90 Å². The minimum absolute atomic E-state index is 0.0421. The molecule has 1 aromatic carbocycles. The molecule has 3 heteroatoms. The standard InChI is InChI=1S/C16H23NO2/c1-3-5-13-17(4-2)16(19)12-11-15(18)14-9-7-6-8-10-14/h6-10H,3-5,11-13H2,1-2H3. The number of amides is 1. The molecule has 0 radical (unpaired) electrons. The molecule has 1 aromatic rings. The summed E-state index contributed by atoms with van der Waals surface area (Å²) in [5, 5.41) is 0. The zero-order chi connectivity index (χ0) is 14.1. The van der Waals surface area contributed by atoms with Gasteiger partial charge in [0.1, 0.15) is 0 Å². The number of hydrogen-bond acceptors (Lipinski definition) is 2. The summed E-state index contributed by atoms with van der Waals surface area (Å²) in [6.07, 6.45) is 2.70. The van der Waals surface area contributed by atoms with Crippen LogP contribution in [0.25, 0.3) is 0 Å². The van der Waals surface area contributed by atoms with Gasteiger partial charge in [0.25, 0.3) is 0 Å². The number of unbranched alkanes of at least 4 members (excludes halogenated alkanes) is 1. The van der Waals surface area contributed by atoms with Crippen LogP contribution in [0, 0.1) is 0 Å². The molecule has 104 valence electrons. The number of carbonyl (C=O) groups excluding carboxylic acids is 2. The number of nitrogens with zero attached hydrogens (tertiary/aromatic N) is 1. The Balaban J connectivity index is 2.43. The van der Waals surface area contributed by atoms with Crippen molar-refractivity contribution in [3.63, 3.8) is 0 Å². The highest BCUT2D eigenvalue weighted by atomic mass is 16.2. The molecule has 0 fully saturated rings. The Morgan fingerprint density at radius 1 is 1.05 bits per heavy atom. The molecule has 0 bridgehead atoms. The van der Waals surface area contributed by atoms with Crippen molar-refractivity contribution in [2.45, 2.75) is 39.5 Å². The Labute approximate surface area is 115 Å². The average molecular weight is 261 g/mol. The third-order valence-electron chi connectivity index (χ3n) is 3.18. The van der Waals surface area contributed by atoms with Crippen LogP contribution in [0.2, 0.25) is 0 Å². The Bertz CT molecular complexity index is 400. The summed E-state index contributed by atoms with van der Waals surface area (Å²) in [5.74, 6) is 0.126. The molecule has 3 nitrogen and oxygen atoms in total. The summed E-state index contributed by atoms with van der Waals surface area (Å²) in [5.41, 5.74) is 0.687. The van der Waals surface area contributed by atoms with Gasteiger partial charge in [-0.3, -0.25) is 9.59 Å². The molecule has 0 saturated heterocycles. The van der Waals surface area contributed by atoms with Gasteiger partial charge in [0.2, 0.25) is 5.91 Å². The van der Waals surface area contributed by atoms with Crippen LogP contribution in [0.1, 0.15) is 49.9 Å². The van der Waals surface area contributed by atoms with Crippen molar-refractivity contribution in [3.05, 3.63) is 35.9 Å².